The molecule has 0 unspecified atom stereocenters. The molecule has 0 amide bonds. The van der Waals surface area contributed by atoms with Crippen molar-refractivity contribution in [2.75, 3.05) is 13.2 Å². The Kier molecular flexibility index (Phi) is 7.80. The molecular formula is C14H30O2Si. The van der Waals surface area contributed by atoms with E-state index in [0.717, 1.165) is 19.6 Å². The minimum absolute atomic E-state index is 0.324. The lowest BCUT2D eigenvalue weighted by Crippen LogP contribution is -2.40. The zero-order chi connectivity index (χ0) is 13.4. The quantitative estimate of drug-likeness (QED) is 0.338. The molecule has 0 saturated heterocycles. The van der Waals surface area contributed by atoms with Crippen LogP contribution in [0, 0.1) is 0 Å². The van der Waals surface area contributed by atoms with Crippen LogP contribution in [0.4, 0.5) is 0 Å². The molecule has 0 aromatic carbocycles. The summed E-state index contributed by atoms with van der Waals surface area (Å²) in [7, 11) is -1.52. The van der Waals surface area contributed by atoms with Gasteiger partial charge in [0.25, 0.3) is 0 Å². The maximum Gasteiger partial charge on any atom is 0.191 e. The Bertz CT molecular complexity index is 207. The molecule has 0 spiro atoms. The molecule has 0 aliphatic heterocycles. The van der Waals surface area contributed by atoms with Crippen LogP contribution in [0.15, 0.2) is 12.8 Å². The maximum absolute atomic E-state index is 6.11. The van der Waals surface area contributed by atoms with Gasteiger partial charge in [0.2, 0.25) is 0 Å². The van der Waals surface area contributed by atoms with Gasteiger partial charge in [-0.3, -0.25) is 0 Å². The minimum Gasteiger partial charge on any atom is -0.502 e. The third kappa shape index (κ3) is 7.61. The molecule has 0 aromatic heterocycles. The average Bonchev–Trinajstić information content (AvgIpc) is 2.20. The van der Waals surface area contributed by atoms with Gasteiger partial charge >= 0.3 is 0 Å². The summed E-state index contributed by atoms with van der Waals surface area (Å²) in [6.45, 7) is 16.7. The Hall–Kier alpha value is -0.283. The highest BCUT2D eigenvalue weighted by atomic mass is 28.4. The largest absolute Gasteiger partial charge is 0.502 e. The van der Waals surface area contributed by atoms with Gasteiger partial charge in [0.05, 0.1) is 12.9 Å². The molecule has 0 atom stereocenters. The smallest absolute Gasteiger partial charge is 0.191 e. The van der Waals surface area contributed by atoms with E-state index in [0.29, 0.717) is 5.04 Å². The molecule has 0 aliphatic carbocycles. The third-order valence-corrected chi connectivity index (χ3v) is 8.08. The number of rotatable bonds is 9. The first-order chi connectivity index (χ1) is 7.81. The van der Waals surface area contributed by atoms with Crippen molar-refractivity contribution in [3.63, 3.8) is 0 Å². The number of ether oxygens (including phenoxy) is 1. The molecule has 0 aromatic rings. The summed E-state index contributed by atoms with van der Waals surface area (Å²) in [5.41, 5.74) is 0. The van der Waals surface area contributed by atoms with E-state index >= 15 is 0 Å². The van der Waals surface area contributed by atoms with Crippen LogP contribution in [-0.2, 0) is 9.16 Å². The van der Waals surface area contributed by atoms with Crippen LogP contribution in [0.1, 0.15) is 46.5 Å². The number of hydrogen-bond acceptors (Lipinski definition) is 2. The fraction of sp³-hybridized carbons (Fsp3) is 0.857. The fourth-order valence-corrected chi connectivity index (χ4v) is 2.36. The van der Waals surface area contributed by atoms with Crippen molar-refractivity contribution >= 4 is 8.32 Å². The third-order valence-electron chi connectivity index (χ3n) is 3.54. The molecule has 0 bridgehead atoms. The Morgan fingerprint density at radius 1 is 1.00 bits per heavy atom. The van der Waals surface area contributed by atoms with Gasteiger partial charge in [0, 0.05) is 6.61 Å². The Labute approximate surface area is 109 Å². The highest BCUT2D eigenvalue weighted by Gasteiger charge is 2.36. The predicted molar refractivity (Wildman–Crippen MR) is 77.8 cm³/mol. The molecule has 3 heteroatoms. The van der Waals surface area contributed by atoms with Crippen molar-refractivity contribution in [2.24, 2.45) is 0 Å². The molecule has 0 aliphatic rings. The molecule has 2 nitrogen and oxygen atoms in total. The van der Waals surface area contributed by atoms with E-state index in [9.17, 15) is 0 Å². The van der Waals surface area contributed by atoms with Gasteiger partial charge in [0.15, 0.2) is 8.32 Å². The van der Waals surface area contributed by atoms with Gasteiger partial charge in [-0.25, -0.2) is 0 Å². The summed E-state index contributed by atoms with van der Waals surface area (Å²) in [4.78, 5) is 0. The van der Waals surface area contributed by atoms with E-state index < -0.39 is 8.32 Å². The Morgan fingerprint density at radius 2 is 1.53 bits per heavy atom. The van der Waals surface area contributed by atoms with E-state index in [4.69, 9.17) is 9.16 Å². The van der Waals surface area contributed by atoms with Crippen LogP contribution < -0.4 is 0 Å². The van der Waals surface area contributed by atoms with Crippen LogP contribution >= 0.6 is 0 Å². The van der Waals surface area contributed by atoms with Crippen molar-refractivity contribution in [1.82, 2.24) is 0 Å². The van der Waals surface area contributed by atoms with Crippen LogP contribution in [0.3, 0.4) is 0 Å². The summed E-state index contributed by atoms with van der Waals surface area (Å²) in [6, 6.07) is 0. The second kappa shape index (κ2) is 7.93. The first kappa shape index (κ1) is 16.7. The lowest BCUT2D eigenvalue weighted by molar-refractivity contribution is 0.237. The molecule has 0 rings (SSSR count). The van der Waals surface area contributed by atoms with E-state index in [-0.39, 0.29) is 0 Å². The monoisotopic (exact) mass is 258 g/mol. The molecule has 0 radical (unpaired) electrons. The highest BCUT2D eigenvalue weighted by molar-refractivity contribution is 6.74. The summed E-state index contributed by atoms with van der Waals surface area (Å²) in [5.74, 6) is 0. The number of unbranched alkanes of at least 4 members (excludes halogenated alkanes) is 3. The zero-order valence-electron chi connectivity index (χ0n) is 12.3. The first-order valence-corrected chi connectivity index (χ1v) is 9.58. The van der Waals surface area contributed by atoms with Crippen LogP contribution in [0.25, 0.3) is 0 Å². The lowest BCUT2D eigenvalue weighted by Gasteiger charge is -2.36. The van der Waals surface area contributed by atoms with Crippen molar-refractivity contribution in [3.8, 4) is 0 Å². The van der Waals surface area contributed by atoms with Gasteiger partial charge in [-0.1, -0.05) is 33.8 Å². The second-order valence-electron chi connectivity index (χ2n) is 6.06. The molecule has 0 N–H and O–H groups in total. The van der Waals surface area contributed by atoms with Crippen molar-refractivity contribution < 1.29 is 9.16 Å². The van der Waals surface area contributed by atoms with Crippen LogP contribution in [-0.4, -0.2) is 21.5 Å². The van der Waals surface area contributed by atoms with Crippen molar-refractivity contribution in [2.45, 2.75) is 64.6 Å². The van der Waals surface area contributed by atoms with Gasteiger partial charge < -0.3 is 9.16 Å². The first-order valence-electron chi connectivity index (χ1n) is 6.68. The Morgan fingerprint density at radius 3 is 2.00 bits per heavy atom. The standard InChI is InChI=1S/C14H30O2Si/c1-7-15-12-10-8-9-11-13-16-17(5,6)14(2,3)4/h7H,1,8-13H2,2-6H3. The van der Waals surface area contributed by atoms with E-state index in [1.54, 1.807) is 0 Å². The number of hydrogen-bond donors (Lipinski definition) is 0. The van der Waals surface area contributed by atoms with Gasteiger partial charge in [-0.15, -0.1) is 0 Å². The zero-order valence-corrected chi connectivity index (χ0v) is 13.3. The minimum atomic E-state index is -1.52. The molecular weight excluding hydrogens is 228 g/mol. The molecule has 0 heterocycles. The van der Waals surface area contributed by atoms with Crippen LogP contribution in [0.5, 0.6) is 0 Å². The molecule has 0 fully saturated rings. The highest BCUT2D eigenvalue weighted by Crippen LogP contribution is 2.36. The van der Waals surface area contributed by atoms with Gasteiger partial charge in [-0.05, 0) is 37.4 Å². The normalized spacial score (nSPS) is 12.5. The average molecular weight is 258 g/mol. The van der Waals surface area contributed by atoms with Gasteiger partial charge in [-0.2, -0.15) is 0 Å². The fourth-order valence-electron chi connectivity index (χ4n) is 1.27. The summed E-state index contributed by atoms with van der Waals surface area (Å²) >= 11 is 0. The Balaban J connectivity index is 3.48. The molecule has 0 saturated carbocycles. The topological polar surface area (TPSA) is 18.5 Å². The predicted octanol–water partition coefficient (Wildman–Crippen LogP) is 4.73. The summed E-state index contributed by atoms with van der Waals surface area (Å²) in [6.07, 6.45) is 6.25. The van der Waals surface area contributed by atoms with Gasteiger partial charge in [0.1, 0.15) is 0 Å². The lowest BCUT2D eigenvalue weighted by atomic mass is 10.2. The second-order valence-corrected chi connectivity index (χ2v) is 10.9. The summed E-state index contributed by atoms with van der Waals surface area (Å²) < 4.78 is 11.2. The SMILES string of the molecule is C=COCCCCCCO[Si](C)(C)C(C)(C)C. The maximum atomic E-state index is 6.11. The van der Waals surface area contributed by atoms with Crippen molar-refractivity contribution in [1.29, 1.82) is 0 Å². The summed E-state index contributed by atoms with van der Waals surface area (Å²) in [5, 5.41) is 0.324. The molecule has 17 heavy (non-hydrogen) atoms. The van der Waals surface area contributed by atoms with E-state index in [1.165, 1.54) is 25.5 Å². The van der Waals surface area contributed by atoms with E-state index in [2.05, 4.69) is 40.4 Å². The molecule has 102 valence electrons. The van der Waals surface area contributed by atoms with Crippen LogP contribution in [0.2, 0.25) is 18.1 Å². The van der Waals surface area contributed by atoms with E-state index in [1.807, 2.05) is 0 Å². The van der Waals surface area contributed by atoms with Crippen molar-refractivity contribution in [3.05, 3.63) is 12.8 Å².